The lowest BCUT2D eigenvalue weighted by molar-refractivity contribution is -0.546. The fraction of sp³-hybridized carbons (Fsp3) is 0.375. The zero-order valence-electron chi connectivity index (χ0n) is 20.1. The van der Waals surface area contributed by atoms with Gasteiger partial charge in [0.2, 0.25) is 10.0 Å². The quantitative estimate of drug-likeness (QED) is 0.576. The Morgan fingerprint density at radius 1 is 1.09 bits per heavy atom. The van der Waals surface area contributed by atoms with Gasteiger partial charge in [-0.05, 0) is 58.4 Å². The van der Waals surface area contributed by atoms with Crippen molar-refractivity contribution in [1.29, 1.82) is 0 Å². The zero-order chi connectivity index (χ0) is 24.3. The van der Waals surface area contributed by atoms with E-state index in [1.807, 2.05) is 43.3 Å². The highest BCUT2D eigenvalue weighted by Crippen LogP contribution is 2.33. The molecule has 2 aromatic rings. The molecule has 1 aliphatic heterocycles. The molecule has 0 saturated carbocycles. The Morgan fingerprint density at radius 2 is 1.73 bits per heavy atom. The topological polar surface area (TPSA) is 103 Å². The number of nitrogens with two attached hydrogens (primary N) is 1. The summed E-state index contributed by atoms with van der Waals surface area (Å²) in [5.74, 6) is 0.413. The largest absolute Gasteiger partial charge is 0.367 e. The first kappa shape index (κ1) is 24.4. The van der Waals surface area contributed by atoms with Gasteiger partial charge in [-0.15, -0.1) is 4.68 Å². The molecule has 3 rings (SSSR count). The van der Waals surface area contributed by atoms with Gasteiger partial charge in [0.25, 0.3) is 0 Å². The number of sulfonamides is 1. The molecule has 8 nitrogen and oxygen atoms in total. The SMILES string of the molecule is Cc1ccc(C[N+]2=C(N)C(=Nc3ccc(N(C(C)C)C(C)C)cc3NS(C)(=O)=O)C=N2)cc1. The Kier molecular flexibility index (Phi) is 7.22. The van der Waals surface area contributed by atoms with Gasteiger partial charge in [-0.3, -0.25) is 10.5 Å². The molecule has 0 atom stereocenters. The van der Waals surface area contributed by atoms with Crippen LogP contribution in [-0.2, 0) is 16.6 Å². The third kappa shape index (κ3) is 6.19. The average Bonchev–Trinajstić information content (AvgIpc) is 3.03. The summed E-state index contributed by atoms with van der Waals surface area (Å²) in [6, 6.07) is 14.2. The van der Waals surface area contributed by atoms with Crippen LogP contribution in [0.4, 0.5) is 17.1 Å². The fourth-order valence-corrected chi connectivity index (χ4v) is 4.41. The first-order valence-electron chi connectivity index (χ1n) is 10.9. The van der Waals surface area contributed by atoms with Gasteiger partial charge in [0.15, 0.2) is 5.71 Å². The van der Waals surface area contributed by atoms with Crippen LogP contribution in [-0.4, -0.2) is 49.2 Å². The maximum Gasteiger partial charge on any atom is 0.321 e. The summed E-state index contributed by atoms with van der Waals surface area (Å²) in [7, 11) is -3.50. The maximum absolute atomic E-state index is 12.0. The van der Waals surface area contributed by atoms with Crippen molar-refractivity contribution in [2.75, 3.05) is 15.9 Å². The molecule has 2 aromatic carbocycles. The third-order valence-corrected chi connectivity index (χ3v) is 5.83. The summed E-state index contributed by atoms with van der Waals surface area (Å²) < 4.78 is 28.4. The van der Waals surface area contributed by atoms with E-state index in [2.05, 4.69) is 47.4 Å². The van der Waals surface area contributed by atoms with Gasteiger partial charge >= 0.3 is 5.84 Å². The summed E-state index contributed by atoms with van der Waals surface area (Å²) in [5, 5.41) is 4.38. The minimum Gasteiger partial charge on any atom is -0.367 e. The summed E-state index contributed by atoms with van der Waals surface area (Å²) >= 11 is 0. The normalized spacial score (nSPS) is 15.2. The lowest BCUT2D eigenvalue weighted by Gasteiger charge is -2.33. The number of hydrazone groups is 1. The lowest BCUT2D eigenvalue weighted by atomic mass is 10.1. The molecule has 0 spiro atoms. The highest BCUT2D eigenvalue weighted by atomic mass is 32.2. The van der Waals surface area contributed by atoms with Crippen LogP contribution in [0.5, 0.6) is 0 Å². The molecule has 1 heterocycles. The molecule has 0 aromatic heterocycles. The standard InChI is InChI=1S/C24H32N6O2S/c1-16(2)30(17(3)4)20-11-12-21(22(13-20)28-33(6,31)32)27-23-14-26-29(24(23)25)15-19-9-7-18(5)8-10-19/h7-14,16-17H,15H2,1-6H3,(H2,25,26,28)/p+1. The van der Waals surface area contributed by atoms with E-state index in [0.29, 0.717) is 29.5 Å². The predicted octanol–water partition coefficient (Wildman–Crippen LogP) is 3.63. The van der Waals surface area contributed by atoms with Crippen LogP contribution in [0.25, 0.3) is 0 Å². The van der Waals surface area contributed by atoms with Crippen LogP contribution >= 0.6 is 0 Å². The molecule has 0 unspecified atom stereocenters. The Hall–Kier alpha value is -3.20. The van der Waals surface area contributed by atoms with Gasteiger partial charge in [-0.2, -0.15) is 0 Å². The van der Waals surface area contributed by atoms with E-state index >= 15 is 0 Å². The average molecular weight is 470 g/mol. The molecule has 3 N–H and O–H groups in total. The monoisotopic (exact) mass is 469 g/mol. The van der Waals surface area contributed by atoms with Crippen molar-refractivity contribution in [3.8, 4) is 0 Å². The molecule has 0 saturated heterocycles. The van der Waals surface area contributed by atoms with Crippen molar-refractivity contribution in [2.24, 2.45) is 15.8 Å². The zero-order valence-corrected chi connectivity index (χ0v) is 20.9. The van der Waals surface area contributed by atoms with E-state index in [1.54, 1.807) is 17.0 Å². The Bertz CT molecular complexity index is 1200. The van der Waals surface area contributed by atoms with Crippen molar-refractivity contribution >= 4 is 44.8 Å². The van der Waals surface area contributed by atoms with Crippen molar-refractivity contribution < 1.29 is 13.1 Å². The van der Waals surface area contributed by atoms with E-state index in [1.165, 1.54) is 5.56 Å². The molecule has 0 aliphatic carbocycles. The molecular formula is C24H33N6O2S+. The van der Waals surface area contributed by atoms with Gasteiger partial charge in [-0.25, -0.2) is 13.4 Å². The number of nitrogens with zero attached hydrogens (tertiary/aromatic N) is 4. The number of aryl methyl sites for hydroxylation is 1. The van der Waals surface area contributed by atoms with E-state index in [0.717, 1.165) is 17.5 Å². The van der Waals surface area contributed by atoms with Crippen LogP contribution in [0.2, 0.25) is 0 Å². The van der Waals surface area contributed by atoms with Crippen molar-refractivity contribution in [3.63, 3.8) is 0 Å². The highest BCUT2D eigenvalue weighted by molar-refractivity contribution is 7.92. The van der Waals surface area contributed by atoms with Crippen LogP contribution in [0.1, 0.15) is 38.8 Å². The smallest absolute Gasteiger partial charge is 0.321 e. The number of anilines is 2. The van der Waals surface area contributed by atoms with E-state index in [9.17, 15) is 8.42 Å². The highest BCUT2D eigenvalue weighted by Gasteiger charge is 2.23. The minimum absolute atomic E-state index is 0.245. The third-order valence-electron chi connectivity index (χ3n) is 5.24. The number of hydrogen-bond donors (Lipinski definition) is 2. The molecule has 0 fully saturated rings. The van der Waals surface area contributed by atoms with Gasteiger partial charge < -0.3 is 4.90 Å². The lowest BCUT2D eigenvalue weighted by Crippen LogP contribution is -2.37. The summed E-state index contributed by atoms with van der Waals surface area (Å²) in [6.45, 7) is 11.0. The number of amidine groups is 1. The Balaban J connectivity index is 1.98. The first-order chi connectivity index (χ1) is 15.4. The van der Waals surface area contributed by atoms with Gasteiger partial charge in [0.1, 0.15) is 12.8 Å². The fourth-order valence-electron chi connectivity index (χ4n) is 3.85. The van der Waals surface area contributed by atoms with E-state index < -0.39 is 10.0 Å². The molecule has 0 bridgehead atoms. The van der Waals surface area contributed by atoms with Crippen LogP contribution < -0.4 is 15.4 Å². The van der Waals surface area contributed by atoms with E-state index in [4.69, 9.17) is 5.73 Å². The molecular weight excluding hydrogens is 436 g/mol. The van der Waals surface area contributed by atoms with Crippen LogP contribution in [0.15, 0.2) is 52.6 Å². The van der Waals surface area contributed by atoms with Crippen molar-refractivity contribution in [2.45, 2.75) is 53.2 Å². The molecule has 33 heavy (non-hydrogen) atoms. The summed E-state index contributed by atoms with van der Waals surface area (Å²) in [5.41, 5.74) is 10.8. The van der Waals surface area contributed by atoms with Crippen LogP contribution in [0, 0.1) is 6.92 Å². The maximum atomic E-state index is 12.0. The number of aliphatic imine (C=N–C) groups is 1. The van der Waals surface area contributed by atoms with Crippen molar-refractivity contribution in [1.82, 2.24) is 0 Å². The molecule has 9 heteroatoms. The van der Waals surface area contributed by atoms with Gasteiger partial charge in [0.05, 0.1) is 17.6 Å². The second kappa shape index (κ2) is 9.74. The number of nitrogens with one attached hydrogen (secondary N) is 1. The number of rotatable bonds is 8. The molecule has 0 amide bonds. The second-order valence-corrected chi connectivity index (χ2v) is 10.6. The number of hydrogen-bond acceptors (Lipinski definition) is 6. The summed E-state index contributed by atoms with van der Waals surface area (Å²) in [6.07, 6.45) is 2.72. The predicted molar refractivity (Wildman–Crippen MR) is 138 cm³/mol. The summed E-state index contributed by atoms with van der Waals surface area (Å²) in [4.78, 5) is 6.85. The Morgan fingerprint density at radius 3 is 2.30 bits per heavy atom. The number of benzene rings is 2. The molecule has 1 aliphatic rings. The Labute approximate surface area is 196 Å². The minimum atomic E-state index is -3.50. The van der Waals surface area contributed by atoms with Gasteiger partial charge in [0, 0.05) is 17.8 Å². The molecule has 176 valence electrons. The van der Waals surface area contributed by atoms with E-state index in [-0.39, 0.29) is 12.1 Å². The van der Waals surface area contributed by atoms with Gasteiger partial charge in [-0.1, -0.05) is 34.9 Å². The van der Waals surface area contributed by atoms with Crippen LogP contribution in [0.3, 0.4) is 0 Å². The second-order valence-electron chi connectivity index (χ2n) is 8.84. The molecule has 0 radical (unpaired) electrons. The van der Waals surface area contributed by atoms with Crippen molar-refractivity contribution in [3.05, 3.63) is 53.6 Å². The first-order valence-corrected chi connectivity index (χ1v) is 12.8.